The van der Waals surface area contributed by atoms with Gasteiger partial charge < -0.3 is 5.32 Å². The van der Waals surface area contributed by atoms with Crippen LogP contribution in [0.25, 0.3) is 0 Å². The molecule has 0 saturated carbocycles. The van der Waals surface area contributed by atoms with Crippen LogP contribution in [0.2, 0.25) is 0 Å². The van der Waals surface area contributed by atoms with Gasteiger partial charge in [0.2, 0.25) is 0 Å². The fourth-order valence-electron chi connectivity index (χ4n) is 4.79. The van der Waals surface area contributed by atoms with Crippen molar-refractivity contribution >= 4 is 37.3 Å². The fraction of sp³-hybridized carbons (Fsp3) is 0.231. The van der Waals surface area contributed by atoms with Gasteiger partial charge in [0.25, 0.3) is 10.0 Å². The highest BCUT2D eigenvalue weighted by Gasteiger charge is 2.39. The van der Waals surface area contributed by atoms with Crippen LogP contribution in [-0.4, -0.2) is 8.42 Å². The van der Waals surface area contributed by atoms with E-state index >= 15 is 0 Å². The van der Waals surface area contributed by atoms with Crippen LogP contribution < -0.4 is 10.0 Å². The van der Waals surface area contributed by atoms with E-state index in [4.69, 9.17) is 0 Å². The molecule has 2 N–H and O–H groups in total. The van der Waals surface area contributed by atoms with E-state index in [0.29, 0.717) is 11.6 Å². The number of sulfonamides is 1. The summed E-state index contributed by atoms with van der Waals surface area (Å²) in [6.07, 6.45) is 5.40. The lowest BCUT2D eigenvalue weighted by Crippen LogP contribution is -2.29. The maximum atomic E-state index is 13.2. The topological polar surface area (TPSA) is 58.2 Å². The molecule has 1 heterocycles. The molecule has 3 aromatic rings. The Bertz CT molecular complexity index is 1330. The summed E-state index contributed by atoms with van der Waals surface area (Å²) < 4.78 is 30.1. The quantitative estimate of drug-likeness (QED) is 0.385. The summed E-state index contributed by atoms with van der Waals surface area (Å²) in [5.74, 6) is 0.520. The van der Waals surface area contributed by atoms with Gasteiger partial charge in [0.1, 0.15) is 0 Å². The van der Waals surface area contributed by atoms with Crippen LogP contribution in [0.3, 0.4) is 0 Å². The molecule has 0 fully saturated rings. The van der Waals surface area contributed by atoms with Crippen molar-refractivity contribution in [2.45, 2.75) is 37.1 Å². The Labute approximate surface area is 197 Å². The van der Waals surface area contributed by atoms with Gasteiger partial charge in [0, 0.05) is 21.8 Å². The van der Waals surface area contributed by atoms with Gasteiger partial charge in [0.05, 0.1) is 10.9 Å². The van der Waals surface area contributed by atoms with E-state index in [-0.39, 0.29) is 16.9 Å². The minimum absolute atomic E-state index is 0.161. The number of benzene rings is 3. The zero-order valence-corrected chi connectivity index (χ0v) is 20.4. The summed E-state index contributed by atoms with van der Waals surface area (Å²) in [4.78, 5) is 0.287. The summed E-state index contributed by atoms with van der Waals surface area (Å²) in [5, 5.41) is 3.68. The van der Waals surface area contributed by atoms with Crippen LogP contribution in [0.1, 0.15) is 40.6 Å². The Morgan fingerprint density at radius 1 is 0.969 bits per heavy atom. The molecule has 0 bridgehead atoms. The molecule has 5 rings (SSSR count). The van der Waals surface area contributed by atoms with Gasteiger partial charge in [-0.05, 0) is 84.8 Å². The molecule has 1 aliphatic heterocycles. The van der Waals surface area contributed by atoms with E-state index in [1.807, 2.05) is 44.2 Å². The summed E-state index contributed by atoms with van der Waals surface area (Å²) in [6.45, 7) is 3.99. The molecule has 3 atom stereocenters. The predicted molar refractivity (Wildman–Crippen MR) is 134 cm³/mol. The molecule has 0 spiro atoms. The first-order valence-electron chi connectivity index (χ1n) is 10.7. The molecular formula is C26H25BrN2O2S. The van der Waals surface area contributed by atoms with Crippen molar-refractivity contribution in [2.75, 3.05) is 10.0 Å². The number of hydrogen-bond acceptors (Lipinski definition) is 3. The number of nitrogens with one attached hydrogen (secondary N) is 2. The first-order valence-corrected chi connectivity index (χ1v) is 13.0. The first-order chi connectivity index (χ1) is 15.3. The number of anilines is 2. The maximum absolute atomic E-state index is 13.2. The molecule has 2 aliphatic rings. The standard InChI is InChI=1S/C26H25BrN2O2S/c1-16-10-11-18(14-17(16)2)29-32(30,31)19-12-13-25-23(15-19)20-7-5-8-21(20)26(28-25)22-6-3-4-9-24(22)27/h3-7,9-15,20-21,26,28-29H,8H2,1-2H3/t20-,21-,26-/m1/s1. The molecule has 0 unspecified atom stereocenters. The Balaban J connectivity index is 1.49. The van der Waals surface area contributed by atoms with Gasteiger partial charge in [-0.2, -0.15) is 0 Å². The fourth-order valence-corrected chi connectivity index (χ4v) is 6.41. The van der Waals surface area contributed by atoms with Crippen molar-refractivity contribution in [2.24, 2.45) is 5.92 Å². The van der Waals surface area contributed by atoms with Crippen molar-refractivity contribution in [3.63, 3.8) is 0 Å². The Kier molecular flexibility index (Phi) is 5.38. The minimum Gasteiger partial charge on any atom is -0.378 e. The third kappa shape index (κ3) is 3.76. The Morgan fingerprint density at radius 3 is 2.56 bits per heavy atom. The second-order valence-electron chi connectivity index (χ2n) is 8.65. The predicted octanol–water partition coefficient (Wildman–Crippen LogP) is 6.69. The molecule has 32 heavy (non-hydrogen) atoms. The molecule has 4 nitrogen and oxygen atoms in total. The van der Waals surface area contributed by atoms with Crippen LogP contribution in [0.4, 0.5) is 11.4 Å². The summed E-state index contributed by atoms with van der Waals surface area (Å²) in [5.41, 5.74) is 6.02. The highest BCUT2D eigenvalue weighted by molar-refractivity contribution is 9.10. The molecule has 164 valence electrons. The van der Waals surface area contributed by atoms with Crippen LogP contribution in [0.5, 0.6) is 0 Å². The number of hydrogen-bond donors (Lipinski definition) is 2. The number of fused-ring (bicyclic) bond motifs is 3. The van der Waals surface area contributed by atoms with Crippen LogP contribution in [0.15, 0.2) is 82.2 Å². The van der Waals surface area contributed by atoms with Crippen molar-refractivity contribution in [1.29, 1.82) is 0 Å². The third-order valence-corrected chi connectivity index (χ3v) is 8.75. The van der Waals surface area contributed by atoms with E-state index in [2.05, 4.69) is 56.3 Å². The average molecular weight is 509 g/mol. The van der Waals surface area contributed by atoms with E-state index in [9.17, 15) is 8.42 Å². The highest BCUT2D eigenvalue weighted by atomic mass is 79.9. The van der Waals surface area contributed by atoms with Crippen LogP contribution >= 0.6 is 15.9 Å². The second-order valence-corrected chi connectivity index (χ2v) is 11.2. The smallest absolute Gasteiger partial charge is 0.261 e. The zero-order valence-electron chi connectivity index (χ0n) is 18.0. The average Bonchev–Trinajstić information content (AvgIpc) is 3.26. The molecular weight excluding hydrogens is 484 g/mol. The molecule has 3 aromatic carbocycles. The SMILES string of the molecule is Cc1ccc(NS(=O)(=O)c2ccc3c(c2)[C@@H]2C=CC[C@H]2[C@H](c2ccccc2Br)N3)cc1C. The van der Waals surface area contributed by atoms with Crippen LogP contribution in [0, 0.1) is 19.8 Å². The Hall–Kier alpha value is -2.57. The monoisotopic (exact) mass is 508 g/mol. The van der Waals surface area contributed by atoms with Crippen molar-refractivity contribution < 1.29 is 8.42 Å². The lowest BCUT2D eigenvalue weighted by atomic mass is 9.77. The molecule has 1 aliphatic carbocycles. The minimum atomic E-state index is -3.69. The highest BCUT2D eigenvalue weighted by Crippen LogP contribution is 2.51. The van der Waals surface area contributed by atoms with Crippen LogP contribution in [-0.2, 0) is 10.0 Å². The van der Waals surface area contributed by atoms with E-state index in [1.165, 1.54) is 5.56 Å². The number of halogens is 1. The lowest BCUT2D eigenvalue weighted by Gasteiger charge is -2.38. The van der Waals surface area contributed by atoms with Gasteiger partial charge in [-0.25, -0.2) is 8.42 Å². The number of aryl methyl sites for hydroxylation is 2. The third-order valence-electron chi connectivity index (χ3n) is 6.64. The normalized spacial score (nSPS) is 21.5. The van der Waals surface area contributed by atoms with E-state index in [0.717, 1.165) is 33.3 Å². The molecule has 0 amide bonds. The van der Waals surface area contributed by atoms with Crippen molar-refractivity contribution in [1.82, 2.24) is 0 Å². The van der Waals surface area contributed by atoms with Gasteiger partial charge in [-0.15, -0.1) is 0 Å². The lowest BCUT2D eigenvalue weighted by molar-refractivity contribution is 0.424. The Morgan fingerprint density at radius 2 is 1.78 bits per heavy atom. The number of rotatable bonds is 4. The van der Waals surface area contributed by atoms with Gasteiger partial charge in [-0.1, -0.05) is 52.3 Å². The number of allylic oxidation sites excluding steroid dienone is 2. The largest absolute Gasteiger partial charge is 0.378 e. The second kappa shape index (κ2) is 8.09. The zero-order chi connectivity index (χ0) is 22.5. The first kappa shape index (κ1) is 21.3. The van der Waals surface area contributed by atoms with Gasteiger partial charge >= 0.3 is 0 Å². The molecule has 0 saturated heterocycles. The maximum Gasteiger partial charge on any atom is 0.261 e. The summed E-state index contributed by atoms with van der Waals surface area (Å²) in [6, 6.07) is 19.5. The van der Waals surface area contributed by atoms with Gasteiger partial charge in [0.15, 0.2) is 0 Å². The molecule has 0 aromatic heterocycles. The summed E-state index contributed by atoms with van der Waals surface area (Å²) in [7, 11) is -3.69. The van der Waals surface area contributed by atoms with Crippen molar-refractivity contribution in [3.8, 4) is 0 Å². The molecule has 6 heteroatoms. The van der Waals surface area contributed by atoms with Gasteiger partial charge in [-0.3, -0.25) is 4.72 Å². The van der Waals surface area contributed by atoms with Crippen molar-refractivity contribution in [3.05, 3.63) is 99.5 Å². The molecule has 0 radical (unpaired) electrons. The summed E-state index contributed by atoms with van der Waals surface area (Å²) >= 11 is 3.70. The van der Waals surface area contributed by atoms with E-state index in [1.54, 1.807) is 12.1 Å². The van der Waals surface area contributed by atoms with E-state index < -0.39 is 10.0 Å².